The summed E-state index contributed by atoms with van der Waals surface area (Å²) in [5.74, 6) is 0. The minimum absolute atomic E-state index is 0.264. The van der Waals surface area contributed by atoms with Crippen molar-refractivity contribution in [2.24, 2.45) is 0 Å². The van der Waals surface area contributed by atoms with Crippen LogP contribution >= 0.6 is 0 Å². The Balaban J connectivity index is 2.05. The summed E-state index contributed by atoms with van der Waals surface area (Å²) in [5, 5.41) is 9.16. The van der Waals surface area contributed by atoms with Gasteiger partial charge in [-0.3, -0.25) is 9.78 Å². The number of nitrogens with zero attached hydrogens (tertiary/aromatic N) is 3. The summed E-state index contributed by atoms with van der Waals surface area (Å²) in [4.78, 5) is 20.8. The third-order valence-corrected chi connectivity index (χ3v) is 3.77. The average Bonchev–Trinajstić information content (AvgIpc) is 2.48. The number of nitriles is 1. The number of aromatic amines is 1. The average molecular weight is 266 g/mol. The molecule has 0 amide bonds. The molecule has 0 fully saturated rings. The summed E-state index contributed by atoms with van der Waals surface area (Å²) < 4.78 is 0. The molecule has 0 radical (unpaired) electrons. The molecule has 5 nitrogen and oxygen atoms in total. The van der Waals surface area contributed by atoms with Gasteiger partial charge >= 0.3 is 0 Å². The zero-order chi connectivity index (χ0) is 14.1. The van der Waals surface area contributed by atoms with E-state index in [9.17, 15) is 4.79 Å². The van der Waals surface area contributed by atoms with Gasteiger partial charge in [0.2, 0.25) is 0 Å². The van der Waals surface area contributed by atoms with Crippen LogP contribution in [0.4, 0.5) is 5.69 Å². The van der Waals surface area contributed by atoms with Crippen molar-refractivity contribution < 1.29 is 0 Å². The summed E-state index contributed by atoms with van der Waals surface area (Å²) in [6.45, 7) is 3.39. The van der Waals surface area contributed by atoms with Crippen LogP contribution in [0.3, 0.4) is 0 Å². The van der Waals surface area contributed by atoms with Gasteiger partial charge in [0, 0.05) is 36.9 Å². The fraction of sp³-hybridized carbons (Fsp3) is 0.267. The van der Waals surface area contributed by atoms with Crippen molar-refractivity contribution in [2.75, 3.05) is 11.4 Å². The standard InChI is InChI=1S/C15H14N4O/c1-10-14-9-19(11-2-5-17-6-3-11)7-4-12(14)13(8-16)15(20)18-10/h2-3,5-6H,4,7,9H2,1H3,(H,18,20). The van der Waals surface area contributed by atoms with E-state index in [1.807, 2.05) is 25.1 Å². The summed E-state index contributed by atoms with van der Waals surface area (Å²) in [6, 6.07) is 5.97. The summed E-state index contributed by atoms with van der Waals surface area (Å²) in [6.07, 6.45) is 4.25. The molecule has 3 heterocycles. The largest absolute Gasteiger partial charge is 0.367 e. The number of aromatic nitrogens is 2. The van der Waals surface area contributed by atoms with E-state index in [-0.39, 0.29) is 11.1 Å². The van der Waals surface area contributed by atoms with Gasteiger partial charge in [-0.25, -0.2) is 0 Å². The van der Waals surface area contributed by atoms with Gasteiger partial charge in [-0.15, -0.1) is 0 Å². The van der Waals surface area contributed by atoms with E-state index in [1.165, 1.54) is 0 Å². The molecule has 0 aliphatic carbocycles. The lowest BCUT2D eigenvalue weighted by molar-refractivity contribution is 0.716. The maximum Gasteiger partial charge on any atom is 0.266 e. The zero-order valence-corrected chi connectivity index (χ0v) is 11.2. The van der Waals surface area contributed by atoms with Crippen LogP contribution in [0.2, 0.25) is 0 Å². The van der Waals surface area contributed by atoms with Gasteiger partial charge in [0.05, 0.1) is 0 Å². The monoisotopic (exact) mass is 266 g/mol. The van der Waals surface area contributed by atoms with E-state index >= 15 is 0 Å². The Bertz CT molecular complexity index is 743. The smallest absolute Gasteiger partial charge is 0.266 e. The molecule has 0 spiro atoms. The molecule has 2 aromatic heterocycles. The molecule has 0 aromatic carbocycles. The van der Waals surface area contributed by atoms with Crippen molar-refractivity contribution in [3.63, 3.8) is 0 Å². The summed E-state index contributed by atoms with van der Waals surface area (Å²) in [7, 11) is 0. The second kappa shape index (κ2) is 4.82. The van der Waals surface area contributed by atoms with Crippen LogP contribution in [0.5, 0.6) is 0 Å². The van der Waals surface area contributed by atoms with Gasteiger partial charge in [-0.1, -0.05) is 0 Å². The Labute approximate surface area is 116 Å². The molecule has 0 atom stereocenters. The third kappa shape index (κ3) is 1.95. The second-order valence-electron chi connectivity index (χ2n) is 4.90. The van der Waals surface area contributed by atoms with Crippen LogP contribution < -0.4 is 10.5 Å². The van der Waals surface area contributed by atoms with Crippen molar-refractivity contribution in [1.29, 1.82) is 5.26 Å². The van der Waals surface area contributed by atoms with Crippen LogP contribution in [0.15, 0.2) is 29.3 Å². The molecule has 1 aliphatic heterocycles. The number of hydrogen-bond donors (Lipinski definition) is 1. The van der Waals surface area contributed by atoms with E-state index in [0.717, 1.165) is 29.1 Å². The molecule has 100 valence electrons. The molecule has 0 unspecified atom stereocenters. The van der Waals surface area contributed by atoms with Gasteiger partial charge in [-0.05, 0) is 36.6 Å². The Morgan fingerprint density at radius 3 is 2.80 bits per heavy atom. The number of fused-ring (bicyclic) bond motifs is 1. The van der Waals surface area contributed by atoms with Crippen molar-refractivity contribution in [3.8, 4) is 6.07 Å². The summed E-state index contributed by atoms with van der Waals surface area (Å²) in [5.41, 5.74) is 3.90. The number of rotatable bonds is 1. The second-order valence-corrected chi connectivity index (χ2v) is 4.90. The first-order chi connectivity index (χ1) is 9.70. The molecule has 1 aliphatic rings. The van der Waals surface area contributed by atoms with Crippen molar-refractivity contribution in [3.05, 3.63) is 57.3 Å². The Morgan fingerprint density at radius 2 is 2.10 bits per heavy atom. The van der Waals surface area contributed by atoms with Crippen molar-refractivity contribution in [2.45, 2.75) is 19.9 Å². The normalized spacial score (nSPS) is 13.7. The zero-order valence-electron chi connectivity index (χ0n) is 11.2. The number of H-pyrrole nitrogens is 1. The fourth-order valence-corrected chi connectivity index (χ4v) is 2.72. The van der Waals surface area contributed by atoms with E-state index in [0.29, 0.717) is 13.0 Å². The van der Waals surface area contributed by atoms with Crippen LogP contribution in [-0.4, -0.2) is 16.5 Å². The van der Waals surface area contributed by atoms with Gasteiger partial charge in [0.1, 0.15) is 11.6 Å². The molecule has 3 rings (SSSR count). The van der Waals surface area contributed by atoms with Gasteiger partial charge in [-0.2, -0.15) is 5.26 Å². The molecule has 0 saturated carbocycles. The number of pyridine rings is 2. The lowest BCUT2D eigenvalue weighted by Gasteiger charge is -2.31. The first-order valence-electron chi connectivity index (χ1n) is 6.50. The lowest BCUT2D eigenvalue weighted by Crippen LogP contribution is -2.33. The quantitative estimate of drug-likeness (QED) is 0.849. The first-order valence-corrected chi connectivity index (χ1v) is 6.50. The molecule has 1 N–H and O–H groups in total. The lowest BCUT2D eigenvalue weighted by atomic mass is 9.94. The number of nitrogens with one attached hydrogen (secondary N) is 1. The highest BCUT2D eigenvalue weighted by Crippen LogP contribution is 2.26. The third-order valence-electron chi connectivity index (χ3n) is 3.77. The van der Waals surface area contributed by atoms with Gasteiger partial charge < -0.3 is 9.88 Å². The number of anilines is 1. The van der Waals surface area contributed by atoms with Gasteiger partial charge in [0.25, 0.3) is 5.56 Å². The Kier molecular flexibility index (Phi) is 2.99. The molecule has 5 heteroatoms. The molecule has 0 saturated heterocycles. The van der Waals surface area contributed by atoms with E-state index in [4.69, 9.17) is 5.26 Å². The molecular weight excluding hydrogens is 252 g/mol. The Hall–Kier alpha value is -2.61. The first kappa shape index (κ1) is 12.4. The Morgan fingerprint density at radius 1 is 1.35 bits per heavy atom. The fourth-order valence-electron chi connectivity index (χ4n) is 2.72. The van der Waals surface area contributed by atoms with Gasteiger partial charge in [0.15, 0.2) is 0 Å². The van der Waals surface area contributed by atoms with Crippen LogP contribution in [0.25, 0.3) is 0 Å². The van der Waals surface area contributed by atoms with Crippen molar-refractivity contribution in [1.82, 2.24) is 9.97 Å². The highest BCUT2D eigenvalue weighted by molar-refractivity contribution is 5.52. The number of aryl methyl sites for hydroxylation is 1. The molecule has 20 heavy (non-hydrogen) atoms. The van der Waals surface area contributed by atoms with E-state index < -0.39 is 0 Å². The minimum atomic E-state index is -0.277. The van der Waals surface area contributed by atoms with Crippen molar-refractivity contribution >= 4 is 5.69 Å². The maximum absolute atomic E-state index is 11.8. The molecule has 2 aromatic rings. The van der Waals surface area contributed by atoms with Crippen LogP contribution in [0, 0.1) is 18.3 Å². The topological polar surface area (TPSA) is 72.8 Å². The highest BCUT2D eigenvalue weighted by Gasteiger charge is 2.23. The maximum atomic E-state index is 11.8. The highest BCUT2D eigenvalue weighted by atomic mass is 16.1. The SMILES string of the molecule is Cc1[nH]c(=O)c(C#N)c2c1CN(c1ccncc1)CC2. The summed E-state index contributed by atoms with van der Waals surface area (Å²) >= 11 is 0. The molecular formula is C15H14N4O. The van der Waals surface area contributed by atoms with E-state index in [2.05, 4.69) is 14.9 Å². The van der Waals surface area contributed by atoms with E-state index in [1.54, 1.807) is 12.4 Å². The minimum Gasteiger partial charge on any atom is -0.367 e. The number of hydrogen-bond acceptors (Lipinski definition) is 4. The predicted molar refractivity (Wildman–Crippen MR) is 75.5 cm³/mol. The molecule has 0 bridgehead atoms. The van der Waals surface area contributed by atoms with Crippen LogP contribution in [0.1, 0.15) is 22.4 Å². The van der Waals surface area contributed by atoms with Crippen LogP contribution in [-0.2, 0) is 13.0 Å². The predicted octanol–water partition coefficient (Wildman–Crippen LogP) is 1.51.